The summed E-state index contributed by atoms with van der Waals surface area (Å²) in [5, 5.41) is 0. The van der Waals surface area contributed by atoms with Crippen LogP contribution in [0.1, 0.15) is 5.69 Å². The van der Waals surface area contributed by atoms with Crippen molar-refractivity contribution in [2.75, 3.05) is 5.43 Å². The highest BCUT2D eigenvalue weighted by Crippen LogP contribution is 2.34. The van der Waals surface area contributed by atoms with E-state index in [0.29, 0.717) is 16.3 Å². The molecule has 10 heteroatoms. The first-order valence-corrected chi connectivity index (χ1v) is 6.94. The van der Waals surface area contributed by atoms with E-state index in [0.717, 1.165) is 4.47 Å². The smallest absolute Gasteiger partial charge is 0.433 e. The van der Waals surface area contributed by atoms with Crippen LogP contribution in [0.3, 0.4) is 0 Å². The van der Waals surface area contributed by atoms with Crippen molar-refractivity contribution in [3.63, 3.8) is 0 Å². The van der Waals surface area contributed by atoms with Crippen LogP contribution >= 0.6 is 31.9 Å². The summed E-state index contributed by atoms with van der Waals surface area (Å²) in [5.74, 6) is 4.68. The number of benzene rings is 1. The average Bonchev–Trinajstić information content (AvgIpc) is 2.40. The number of nitrogens with one attached hydrogen (secondary N) is 1. The maximum absolute atomic E-state index is 12.7. The highest BCUT2D eigenvalue weighted by atomic mass is 79.9. The summed E-state index contributed by atoms with van der Waals surface area (Å²) in [4.78, 5) is 6.95. The zero-order valence-electron chi connectivity index (χ0n) is 10.1. The molecule has 112 valence electrons. The van der Waals surface area contributed by atoms with Crippen LogP contribution < -0.4 is 16.0 Å². The zero-order valence-corrected chi connectivity index (χ0v) is 13.3. The molecule has 0 radical (unpaired) electrons. The van der Waals surface area contributed by atoms with Gasteiger partial charge in [-0.1, -0.05) is 15.9 Å². The van der Waals surface area contributed by atoms with Crippen LogP contribution in [-0.4, -0.2) is 9.97 Å². The fourth-order valence-electron chi connectivity index (χ4n) is 1.36. The summed E-state index contributed by atoms with van der Waals surface area (Å²) >= 11 is 6.49. The topological polar surface area (TPSA) is 73.1 Å². The van der Waals surface area contributed by atoms with Gasteiger partial charge in [0.15, 0.2) is 5.69 Å². The van der Waals surface area contributed by atoms with E-state index in [4.69, 9.17) is 10.6 Å². The molecular weight excluding hydrogens is 421 g/mol. The third-order valence-corrected chi connectivity index (χ3v) is 3.34. The first kappa shape index (κ1) is 16.0. The summed E-state index contributed by atoms with van der Waals surface area (Å²) in [5.41, 5.74) is 0.809. The van der Waals surface area contributed by atoms with Gasteiger partial charge < -0.3 is 4.74 Å². The van der Waals surface area contributed by atoms with Crippen molar-refractivity contribution in [2.24, 2.45) is 5.84 Å². The van der Waals surface area contributed by atoms with E-state index in [1.54, 1.807) is 18.2 Å². The second kappa shape index (κ2) is 6.16. The molecule has 0 aliphatic carbocycles. The molecule has 0 saturated heterocycles. The molecule has 0 atom stereocenters. The van der Waals surface area contributed by atoms with E-state index in [-0.39, 0.29) is 5.88 Å². The van der Waals surface area contributed by atoms with Gasteiger partial charge in [0.05, 0.1) is 4.47 Å². The number of rotatable bonds is 3. The molecule has 0 saturated carbocycles. The number of hydrogen-bond acceptors (Lipinski definition) is 5. The van der Waals surface area contributed by atoms with Gasteiger partial charge in [0.2, 0.25) is 11.8 Å². The third kappa shape index (κ3) is 4.05. The number of hydrogen-bond donors (Lipinski definition) is 2. The van der Waals surface area contributed by atoms with E-state index in [2.05, 4.69) is 41.8 Å². The fraction of sp³-hybridized carbons (Fsp3) is 0.0909. The first-order chi connectivity index (χ1) is 9.79. The Morgan fingerprint density at radius 3 is 2.43 bits per heavy atom. The fourth-order valence-corrected chi connectivity index (χ4v) is 2.49. The third-order valence-electron chi connectivity index (χ3n) is 2.23. The van der Waals surface area contributed by atoms with Crippen molar-refractivity contribution in [2.45, 2.75) is 6.18 Å². The monoisotopic (exact) mass is 426 g/mol. The molecule has 2 rings (SSSR count). The molecule has 21 heavy (non-hydrogen) atoms. The van der Waals surface area contributed by atoms with Crippen molar-refractivity contribution < 1.29 is 17.9 Å². The maximum atomic E-state index is 12.7. The van der Waals surface area contributed by atoms with E-state index < -0.39 is 17.8 Å². The van der Waals surface area contributed by atoms with Crippen LogP contribution in [0, 0.1) is 0 Å². The Morgan fingerprint density at radius 2 is 1.86 bits per heavy atom. The van der Waals surface area contributed by atoms with Crippen molar-refractivity contribution in [1.82, 2.24) is 9.97 Å². The van der Waals surface area contributed by atoms with Crippen LogP contribution in [0.2, 0.25) is 0 Å². The Balaban J connectivity index is 2.39. The first-order valence-electron chi connectivity index (χ1n) is 5.35. The largest absolute Gasteiger partial charge is 0.438 e. The normalized spacial score (nSPS) is 11.3. The molecular formula is C11H7Br2F3N4O. The lowest BCUT2D eigenvalue weighted by Crippen LogP contribution is -2.15. The number of hydrazine groups is 1. The number of nitrogens with zero attached hydrogens (tertiary/aromatic N) is 2. The Kier molecular flexibility index (Phi) is 4.69. The van der Waals surface area contributed by atoms with Crippen molar-refractivity contribution >= 4 is 37.8 Å². The number of aromatic nitrogens is 2. The van der Waals surface area contributed by atoms with Gasteiger partial charge in [0, 0.05) is 10.5 Å². The Hall–Kier alpha value is -1.39. The SMILES string of the molecule is NNc1nc(Oc2ccc(Br)cc2Br)cc(C(F)(F)F)n1. The van der Waals surface area contributed by atoms with Gasteiger partial charge in [-0.2, -0.15) is 18.2 Å². The molecule has 1 aromatic heterocycles. The standard InChI is InChI=1S/C11H7Br2F3N4O/c12-5-1-2-7(6(13)3-5)21-9-4-8(11(14,15)16)18-10(19-9)20-17/h1-4H,17H2,(H,18,19,20). The molecule has 0 spiro atoms. The molecule has 0 bridgehead atoms. The minimum Gasteiger partial charge on any atom is -0.438 e. The summed E-state index contributed by atoms with van der Waals surface area (Å²) in [7, 11) is 0. The second-order valence-corrected chi connectivity index (χ2v) is 5.50. The van der Waals surface area contributed by atoms with Gasteiger partial charge in [-0.05, 0) is 34.1 Å². The summed E-state index contributed by atoms with van der Waals surface area (Å²) in [6.07, 6.45) is -4.64. The lowest BCUT2D eigenvalue weighted by atomic mass is 10.3. The Morgan fingerprint density at radius 1 is 1.14 bits per heavy atom. The van der Waals surface area contributed by atoms with E-state index in [1.165, 1.54) is 0 Å². The van der Waals surface area contributed by atoms with Gasteiger partial charge in [-0.15, -0.1) is 0 Å². The Bertz CT molecular complexity index is 666. The van der Waals surface area contributed by atoms with Crippen LogP contribution in [0.4, 0.5) is 19.1 Å². The predicted molar refractivity (Wildman–Crippen MR) is 76.8 cm³/mol. The lowest BCUT2D eigenvalue weighted by Gasteiger charge is -2.11. The molecule has 1 heterocycles. The summed E-state index contributed by atoms with van der Waals surface area (Å²) in [6.45, 7) is 0. The van der Waals surface area contributed by atoms with Crippen molar-refractivity contribution in [3.8, 4) is 11.6 Å². The van der Waals surface area contributed by atoms with Crippen LogP contribution in [0.15, 0.2) is 33.2 Å². The molecule has 3 N–H and O–H groups in total. The molecule has 0 aliphatic rings. The highest BCUT2D eigenvalue weighted by Gasteiger charge is 2.34. The molecule has 0 aliphatic heterocycles. The summed E-state index contributed by atoms with van der Waals surface area (Å²) in [6, 6.07) is 5.62. The van der Waals surface area contributed by atoms with E-state index in [9.17, 15) is 13.2 Å². The Labute approximate surface area is 133 Å². The van der Waals surface area contributed by atoms with Crippen molar-refractivity contribution in [3.05, 3.63) is 38.9 Å². The molecule has 0 amide bonds. The van der Waals surface area contributed by atoms with E-state index in [1.807, 2.05) is 5.43 Å². The predicted octanol–water partition coefficient (Wildman–Crippen LogP) is 4.10. The molecule has 2 aromatic rings. The van der Waals surface area contributed by atoms with Crippen molar-refractivity contribution in [1.29, 1.82) is 0 Å². The molecule has 0 fully saturated rings. The number of alkyl halides is 3. The number of ether oxygens (including phenoxy) is 1. The van der Waals surface area contributed by atoms with Gasteiger partial charge >= 0.3 is 6.18 Å². The lowest BCUT2D eigenvalue weighted by molar-refractivity contribution is -0.141. The van der Waals surface area contributed by atoms with Gasteiger partial charge in [-0.25, -0.2) is 10.8 Å². The minimum atomic E-state index is -4.64. The minimum absolute atomic E-state index is 0.284. The number of nitrogens with two attached hydrogens (primary N) is 1. The van der Waals surface area contributed by atoms with Gasteiger partial charge in [0.1, 0.15) is 5.75 Å². The second-order valence-electron chi connectivity index (χ2n) is 3.73. The highest BCUT2D eigenvalue weighted by molar-refractivity contribution is 9.11. The van der Waals surface area contributed by atoms with Crippen LogP contribution in [0.5, 0.6) is 11.6 Å². The van der Waals surface area contributed by atoms with Gasteiger partial charge in [-0.3, -0.25) is 5.43 Å². The number of anilines is 1. The van der Waals surface area contributed by atoms with E-state index >= 15 is 0 Å². The zero-order chi connectivity index (χ0) is 15.6. The molecule has 5 nitrogen and oxygen atoms in total. The van der Waals surface area contributed by atoms with Gasteiger partial charge in [0.25, 0.3) is 0 Å². The quantitative estimate of drug-likeness (QED) is 0.569. The van der Waals surface area contributed by atoms with Crippen LogP contribution in [-0.2, 0) is 6.18 Å². The number of halogens is 5. The maximum Gasteiger partial charge on any atom is 0.433 e. The number of nitrogen functional groups attached to an aromatic ring is 1. The molecule has 1 aromatic carbocycles. The molecule has 0 unspecified atom stereocenters. The van der Waals surface area contributed by atoms with Crippen LogP contribution in [0.25, 0.3) is 0 Å². The average molecular weight is 428 g/mol. The summed E-state index contributed by atoms with van der Waals surface area (Å²) < 4.78 is 44.8.